The van der Waals surface area contributed by atoms with E-state index >= 15 is 0 Å². The molecule has 1 unspecified atom stereocenters. The van der Waals surface area contributed by atoms with Gasteiger partial charge in [0.1, 0.15) is 6.04 Å². The number of rotatable bonds is 4. The van der Waals surface area contributed by atoms with Crippen LogP contribution in [0.1, 0.15) is 46.1 Å². The standard InChI is InChI=1S/C19H26F3N3O2/c1-12(23-17(27)18(2,3)4)16(26)24-14-11-13(19(20,21)22)7-8-15(14)25-9-5-6-10-25/h7-8,11-12H,5-6,9-10H2,1-4H3,(H,23,27)(H,24,26). The first-order valence-electron chi connectivity index (χ1n) is 8.97. The number of carbonyl (C=O) groups is 2. The Bertz CT molecular complexity index is 705. The minimum Gasteiger partial charge on any atom is -0.370 e. The number of carbonyl (C=O) groups excluding carboxylic acids is 2. The van der Waals surface area contributed by atoms with Gasteiger partial charge in [0.05, 0.1) is 16.9 Å². The summed E-state index contributed by atoms with van der Waals surface area (Å²) in [7, 11) is 0. The fourth-order valence-corrected chi connectivity index (χ4v) is 2.77. The molecule has 1 atom stereocenters. The number of nitrogens with one attached hydrogen (secondary N) is 2. The van der Waals surface area contributed by atoms with Crippen LogP contribution in [0, 0.1) is 5.41 Å². The Labute approximate surface area is 157 Å². The van der Waals surface area contributed by atoms with Crippen molar-refractivity contribution in [1.29, 1.82) is 0 Å². The summed E-state index contributed by atoms with van der Waals surface area (Å²) in [6.07, 6.45) is -2.60. The molecule has 5 nitrogen and oxygen atoms in total. The first kappa shape index (κ1) is 21.1. The number of anilines is 2. The second kappa shape index (κ2) is 7.78. The van der Waals surface area contributed by atoms with Crippen molar-refractivity contribution in [2.45, 2.75) is 52.8 Å². The number of benzene rings is 1. The number of hydrogen-bond donors (Lipinski definition) is 2. The summed E-state index contributed by atoms with van der Waals surface area (Å²) in [4.78, 5) is 26.5. The van der Waals surface area contributed by atoms with Crippen LogP contribution in [0.2, 0.25) is 0 Å². The van der Waals surface area contributed by atoms with Crippen LogP contribution < -0.4 is 15.5 Å². The molecule has 1 aromatic rings. The molecule has 1 aromatic carbocycles. The number of halogens is 3. The van der Waals surface area contributed by atoms with Crippen molar-refractivity contribution in [3.8, 4) is 0 Å². The van der Waals surface area contributed by atoms with Crippen molar-refractivity contribution in [3.63, 3.8) is 0 Å². The molecular weight excluding hydrogens is 359 g/mol. The number of hydrogen-bond acceptors (Lipinski definition) is 3. The first-order valence-corrected chi connectivity index (χ1v) is 8.97. The molecule has 0 spiro atoms. The zero-order chi connectivity index (χ0) is 20.4. The zero-order valence-corrected chi connectivity index (χ0v) is 16.0. The molecule has 1 fully saturated rings. The SMILES string of the molecule is CC(NC(=O)C(C)(C)C)C(=O)Nc1cc(C(F)(F)F)ccc1N1CCCC1. The van der Waals surface area contributed by atoms with Crippen molar-refractivity contribution in [2.24, 2.45) is 5.41 Å². The van der Waals surface area contributed by atoms with Crippen molar-refractivity contribution in [1.82, 2.24) is 5.32 Å². The molecule has 27 heavy (non-hydrogen) atoms. The highest BCUT2D eigenvalue weighted by molar-refractivity contribution is 5.99. The van der Waals surface area contributed by atoms with E-state index in [0.29, 0.717) is 5.69 Å². The summed E-state index contributed by atoms with van der Waals surface area (Å²) in [5.74, 6) is -0.874. The lowest BCUT2D eigenvalue weighted by atomic mass is 9.95. The molecule has 0 aromatic heterocycles. The van der Waals surface area contributed by atoms with Gasteiger partial charge < -0.3 is 15.5 Å². The van der Waals surface area contributed by atoms with E-state index in [0.717, 1.165) is 38.1 Å². The van der Waals surface area contributed by atoms with Crippen molar-refractivity contribution in [3.05, 3.63) is 23.8 Å². The van der Waals surface area contributed by atoms with Crippen LogP contribution >= 0.6 is 0 Å². The van der Waals surface area contributed by atoms with Crippen molar-refractivity contribution < 1.29 is 22.8 Å². The Kier molecular flexibility index (Phi) is 6.07. The molecule has 2 N–H and O–H groups in total. The minimum absolute atomic E-state index is 0.105. The maximum Gasteiger partial charge on any atom is 0.416 e. The van der Waals surface area contributed by atoms with Gasteiger partial charge in [0.15, 0.2) is 0 Å². The Balaban J connectivity index is 2.24. The predicted octanol–water partition coefficient (Wildman–Crippen LogP) is 3.79. The second-order valence-electron chi connectivity index (χ2n) is 7.86. The van der Waals surface area contributed by atoms with Crippen molar-refractivity contribution >= 4 is 23.2 Å². The van der Waals surface area contributed by atoms with Gasteiger partial charge in [0.25, 0.3) is 0 Å². The highest BCUT2D eigenvalue weighted by Gasteiger charge is 2.32. The predicted molar refractivity (Wildman–Crippen MR) is 98.6 cm³/mol. The monoisotopic (exact) mass is 385 g/mol. The van der Waals surface area contributed by atoms with E-state index in [9.17, 15) is 22.8 Å². The summed E-state index contributed by atoms with van der Waals surface area (Å²) in [6.45, 7) is 8.10. The van der Waals surface area contributed by atoms with E-state index in [1.807, 2.05) is 4.90 Å². The lowest BCUT2D eigenvalue weighted by Gasteiger charge is -2.25. The highest BCUT2D eigenvalue weighted by atomic mass is 19.4. The van der Waals surface area contributed by atoms with E-state index in [2.05, 4.69) is 10.6 Å². The maximum atomic E-state index is 13.1. The van der Waals surface area contributed by atoms with Gasteiger partial charge in [-0.3, -0.25) is 9.59 Å². The molecule has 1 aliphatic heterocycles. The topological polar surface area (TPSA) is 61.4 Å². The molecular formula is C19H26F3N3O2. The van der Waals surface area contributed by atoms with E-state index in [1.165, 1.54) is 13.0 Å². The average Bonchev–Trinajstić information content (AvgIpc) is 3.07. The van der Waals surface area contributed by atoms with Gasteiger partial charge in [-0.1, -0.05) is 20.8 Å². The van der Waals surface area contributed by atoms with Gasteiger partial charge in [-0.2, -0.15) is 13.2 Å². The van der Waals surface area contributed by atoms with Crippen LogP contribution in [0.15, 0.2) is 18.2 Å². The fourth-order valence-electron chi connectivity index (χ4n) is 2.77. The second-order valence-corrected chi connectivity index (χ2v) is 7.86. The van der Waals surface area contributed by atoms with E-state index in [-0.39, 0.29) is 11.6 Å². The third kappa shape index (κ3) is 5.37. The van der Waals surface area contributed by atoms with Gasteiger partial charge >= 0.3 is 6.18 Å². The smallest absolute Gasteiger partial charge is 0.370 e. The van der Waals surface area contributed by atoms with Crippen LogP contribution in [0.3, 0.4) is 0 Å². The van der Waals surface area contributed by atoms with Gasteiger partial charge in [0.2, 0.25) is 11.8 Å². The maximum absolute atomic E-state index is 13.1. The van der Waals surface area contributed by atoms with Crippen molar-refractivity contribution in [2.75, 3.05) is 23.3 Å². The van der Waals surface area contributed by atoms with E-state index in [1.54, 1.807) is 20.8 Å². The van der Waals surface area contributed by atoms with Gasteiger partial charge in [-0.05, 0) is 38.0 Å². The van der Waals surface area contributed by atoms with Gasteiger partial charge in [-0.15, -0.1) is 0 Å². The molecule has 2 rings (SSSR count). The summed E-state index contributed by atoms with van der Waals surface area (Å²) in [6, 6.07) is 2.48. The fraction of sp³-hybridized carbons (Fsp3) is 0.579. The molecule has 150 valence electrons. The summed E-state index contributed by atoms with van der Waals surface area (Å²) >= 11 is 0. The van der Waals surface area contributed by atoms with Gasteiger partial charge in [0, 0.05) is 18.5 Å². The molecule has 0 radical (unpaired) electrons. The van der Waals surface area contributed by atoms with Crippen LogP contribution in [0.4, 0.5) is 24.5 Å². The zero-order valence-electron chi connectivity index (χ0n) is 16.0. The molecule has 0 saturated carbocycles. The lowest BCUT2D eigenvalue weighted by Crippen LogP contribution is -2.46. The third-order valence-electron chi connectivity index (χ3n) is 4.45. The van der Waals surface area contributed by atoms with Crippen LogP contribution in [-0.4, -0.2) is 30.9 Å². The van der Waals surface area contributed by atoms with E-state index < -0.39 is 29.1 Å². The molecule has 2 amide bonds. The summed E-state index contributed by atoms with van der Waals surface area (Å²) < 4.78 is 39.3. The number of alkyl halides is 3. The molecule has 0 bridgehead atoms. The number of amides is 2. The molecule has 1 heterocycles. The molecule has 1 saturated heterocycles. The largest absolute Gasteiger partial charge is 0.416 e. The first-order chi connectivity index (χ1) is 12.4. The van der Waals surface area contributed by atoms with E-state index in [4.69, 9.17) is 0 Å². The average molecular weight is 385 g/mol. The molecule has 8 heteroatoms. The normalized spacial score (nSPS) is 16.2. The van der Waals surface area contributed by atoms with Crippen LogP contribution in [0.5, 0.6) is 0 Å². The highest BCUT2D eigenvalue weighted by Crippen LogP contribution is 2.36. The summed E-state index contributed by atoms with van der Waals surface area (Å²) in [5, 5.41) is 5.15. The molecule has 0 aliphatic carbocycles. The Morgan fingerprint density at radius 1 is 1.11 bits per heavy atom. The third-order valence-corrected chi connectivity index (χ3v) is 4.45. The Morgan fingerprint density at radius 2 is 1.70 bits per heavy atom. The lowest BCUT2D eigenvalue weighted by molar-refractivity contribution is -0.137. The summed E-state index contributed by atoms with van der Waals surface area (Å²) in [5.41, 5.74) is -0.838. The van der Waals surface area contributed by atoms with Crippen LogP contribution in [0.25, 0.3) is 0 Å². The quantitative estimate of drug-likeness (QED) is 0.829. The Hall–Kier alpha value is -2.25. The minimum atomic E-state index is -4.50. The van der Waals surface area contributed by atoms with Gasteiger partial charge in [-0.25, -0.2) is 0 Å². The number of nitrogens with zero attached hydrogens (tertiary/aromatic N) is 1. The van der Waals surface area contributed by atoms with Crippen LogP contribution in [-0.2, 0) is 15.8 Å². The Morgan fingerprint density at radius 3 is 2.22 bits per heavy atom. The molecule has 1 aliphatic rings.